The minimum Gasteiger partial charge on any atom is -0.444 e. The van der Waals surface area contributed by atoms with E-state index in [2.05, 4.69) is 17.0 Å². The molecule has 0 aliphatic carbocycles. The quantitative estimate of drug-likeness (QED) is 0.765. The van der Waals surface area contributed by atoms with Crippen LogP contribution in [0.25, 0.3) is 6.20 Å². The first kappa shape index (κ1) is 19.5. The molecule has 0 bridgehead atoms. The number of aromatic nitrogens is 2. The summed E-state index contributed by atoms with van der Waals surface area (Å²) in [5.74, 6) is 0. The van der Waals surface area contributed by atoms with Crippen LogP contribution in [0.3, 0.4) is 0 Å². The van der Waals surface area contributed by atoms with Crippen LogP contribution in [-0.4, -0.2) is 58.7 Å². The van der Waals surface area contributed by atoms with Crippen LogP contribution in [0.5, 0.6) is 0 Å². The Balaban J connectivity index is 1.56. The van der Waals surface area contributed by atoms with Crippen LogP contribution in [0, 0.1) is 0 Å². The number of rotatable bonds is 7. The predicted molar refractivity (Wildman–Crippen MR) is 97.1 cm³/mol. The summed E-state index contributed by atoms with van der Waals surface area (Å²) in [5, 5.41) is 7.47. The largest absolute Gasteiger partial charge is 0.444 e. The highest BCUT2D eigenvalue weighted by molar-refractivity contribution is 5.68. The van der Waals surface area contributed by atoms with Crippen molar-refractivity contribution in [2.24, 2.45) is 0 Å². The number of hydrogen-bond acceptors (Lipinski definition) is 5. The average molecular weight is 350 g/mol. The van der Waals surface area contributed by atoms with Crippen LogP contribution >= 0.6 is 0 Å². The van der Waals surface area contributed by atoms with Crippen LogP contribution in [0.4, 0.5) is 4.79 Å². The maximum Gasteiger partial charge on any atom is 0.410 e. The van der Waals surface area contributed by atoms with Crippen molar-refractivity contribution in [1.29, 1.82) is 0 Å². The van der Waals surface area contributed by atoms with Gasteiger partial charge in [-0.15, -0.1) is 0 Å². The summed E-state index contributed by atoms with van der Waals surface area (Å²) in [6.45, 7) is 12.9. The van der Waals surface area contributed by atoms with Gasteiger partial charge in [0.25, 0.3) is 0 Å². The Kier molecular flexibility index (Phi) is 7.01. The van der Waals surface area contributed by atoms with Crippen molar-refractivity contribution < 1.29 is 14.3 Å². The van der Waals surface area contributed by atoms with E-state index in [0.29, 0.717) is 19.7 Å². The number of nitrogens with zero attached hydrogens (tertiary/aromatic N) is 3. The van der Waals surface area contributed by atoms with Crippen LogP contribution < -0.4 is 5.32 Å². The van der Waals surface area contributed by atoms with E-state index in [1.165, 1.54) is 0 Å². The molecule has 1 fully saturated rings. The number of ether oxygens (including phenoxy) is 2. The second-order valence-electron chi connectivity index (χ2n) is 7.23. The first-order valence-electron chi connectivity index (χ1n) is 8.83. The third-order valence-electron chi connectivity index (χ3n) is 3.90. The van der Waals surface area contributed by atoms with Gasteiger partial charge in [0.2, 0.25) is 0 Å². The summed E-state index contributed by atoms with van der Waals surface area (Å²) in [6, 6.07) is 0. The lowest BCUT2D eigenvalue weighted by Gasteiger charge is -2.33. The maximum absolute atomic E-state index is 12.0. The van der Waals surface area contributed by atoms with E-state index in [-0.39, 0.29) is 12.2 Å². The first-order valence-corrected chi connectivity index (χ1v) is 8.83. The van der Waals surface area contributed by atoms with Gasteiger partial charge in [-0.1, -0.05) is 6.58 Å². The number of carbonyl (C=O) groups excluding carboxylic acids is 1. The van der Waals surface area contributed by atoms with Gasteiger partial charge in [-0.2, -0.15) is 5.10 Å². The highest BCUT2D eigenvalue weighted by Crippen LogP contribution is 2.17. The molecule has 25 heavy (non-hydrogen) atoms. The van der Waals surface area contributed by atoms with Crippen molar-refractivity contribution in [2.45, 2.75) is 51.9 Å². The molecule has 1 aromatic rings. The van der Waals surface area contributed by atoms with Gasteiger partial charge in [0.15, 0.2) is 0 Å². The smallest absolute Gasteiger partial charge is 0.410 e. The molecule has 2 rings (SSSR count). The Bertz CT molecular complexity index is 557. The monoisotopic (exact) mass is 350 g/mol. The Hall–Kier alpha value is -1.86. The lowest BCUT2D eigenvalue weighted by Crippen LogP contribution is -2.43. The molecule has 0 radical (unpaired) electrons. The summed E-state index contributed by atoms with van der Waals surface area (Å²) in [7, 11) is 0. The Morgan fingerprint density at radius 3 is 2.76 bits per heavy atom. The molecule has 0 aromatic carbocycles. The van der Waals surface area contributed by atoms with E-state index in [0.717, 1.165) is 31.5 Å². The van der Waals surface area contributed by atoms with Gasteiger partial charge in [-0.05, 0) is 33.6 Å². The number of nitrogens with one attached hydrogen (secondary N) is 1. The molecule has 1 N–H and O–H groups in total. The minimum atomic E-state index is -0.446. The topological polar surface area (TPSA) is 68.6 Å². The molecule has 0 atom stereocenters. The first-order chi connectivity index (χ1) is 11.9. The minimum absolute atomic E-state index is 0.212. The fourth-order valence-electron chi connectivity index (χ4n) is 2.63. The molecule has 7 nitrogen and oxygen atoms in total. The summed E-state index contributed by atoms with van der Waals surface area (Å²) in [4.78, 5) is 13.8. The number of amides is 1. The van der Waals surface area contributed by atoms with Gasteiger partial charge < -0.3 is 19.7 Å². The van der Waals surface area contributed by atoms with Gasteiger partial charge in [0.05, 0.1) is 18.9 Å². The molecule has 0 spiro atoms. The lowest BCUT2D eigenvalue weighted by molar-refractivity contribution is -0.0104. The molecule has 1 aromatic heterocycles. The van der Waals surface area contributed by atoms with E-state index in [1.807, 2.05) is 33.2 Å². The van der Waals surface area contributed by atoms with E-state index in [1.54, 1.807) is 15.8 Å². The van der Waals surface area contributed by atoms with E-state index in [4.69, 9.17) is 9.47 Å². The molecule has 140 valence electrons. The molecular weight excluding hydrogens is 320 g/mol. The fraction of sp³-hybridized carbons (Fsp3) is 0.667. The van der Waals surface area contributed by atoms with Gasteiger partial charge in [0, 0.05) is 44.1 Å². The third kappa shape index (κ3) is 6.88. The van der Waals surface area contributed by atoms with Crippen LogP contribution in [0.1, 0.15) is 39.2 Å². The van der Waals surface area contributed by atoms with Crippen molar-refractivity contribution in [3.8, 4) is 0 Å². The third-order valence-corrected chi connectivity index (χ3v) is 3.90. The number of piperidine rings is 1. The second kappa shape index (κ2) is 9.01. The van der Waals surface area contributed by atoms with E-state index >= 15 is 0 Å². The number of likely N-dealkylation sites (tertiary alicyclic amines) is 1. The molecule has 0 unspecified atom stereocenters. The zero-order valence-corrected chi connectivity index (χ0v) is 15.5. The van der Waals surface area contributed by atoms with Crippen molar-refractivity contribution in [2.75, 3.05) is 26.2 Å². The van der Waals surface area contributed by atoms with Gasteiger partial charge in [-0.25, -0.2) is 9.48 Å². The predicted octanol–water partition coefficient (Wildman–Crippen LogP) is 2.49. The molecule has 1 aliphatic rings. The Morgan fingerprint density at radius 1 is 1.44 bits per heavy atom. The standard InChI is InChI=1S/C18H30N4O3/c1-5-22-14-15(13-20-22)12-19-8-11-24-16-6-9-21(10-7-16)17(23)25-18(2,3)4/h5,13-14,16,19H,1,6-12H2,2-4H3. The summed E-state index contributed by atoms with van der Waals surface area (Å²) in [5.41, 5.74) is 0.670. The van der Waals surface area contributed by atoms with Gasteiger partial charge >= 0.3 is 6.09 Å². The summed E-state index contributed by atoms with van der Waals surface area (Å²) >= 11 is 0. The van der Waals surface area contributed by atoms with Crippen LogP contribution in [0.15, 0.2) is 19.0 Å². The highest BCUT2D eigenvalue weighted by Gasteiger charge is 2.26. The summed E-state index contributed by atoms with van der Waals surface area (Å²) < 4.78 is 13.0. The average Bonchev–Trinajstić information content (AvgIpc) is 3.01. The normalized spacial score (nSPS) is 16.0. The fourth-order valence-corrected chi connectivity index (χ4v) is 2.63. The Morgan fingerprint density at radius 2 is 2.16 bits per heavy atom. The molecular formula is C18H30N4O3. The maximum atomic E-state index is 12.0. The number of hydrogen-bond donors (Lipinski definition) is 1. The van der Waals surface area contributed by atoms with Gasteiger partial charge in [-0.3, -0.25) is 0 Å². The number of carbonyl (C=O) groups is 1. The van der Waals surface area contributed by atoms with Crippen LogP contribution in [-0.2, 0) is 16.0 Å². The lowest BCUT2D eigenvalue weighted by atomic mass is 10.1. The molecule has 1 aliphatic heterocycles. The molecule has 2 heterocycles. The zero-order chi connectivity index (χ0) is 18.3. The molecule has 7 heteroatoms. The molecule has 1 amide bonds. The molecule has 0 saturated carbocycles. The SMILES string of the molecule is C=Cn1cc(CNCCOC2CCN(C(=O)OC(C)(C)C)CC2)cn1. The summed E-state index contributed by atoms with van der Waals surface area (Å²) in [6.07, 6.45) is 7.11. The van der Waals surface area contributed by atoms with Crippen molar-refractivity contribution in [3.63, 3.8) is 0 Å². The van der Waals surface area contributed by atoms with Crippen molar-refractivity contribution >= 4 is 12.3 Å². The van der Waals surface area contributed by atoms with Gasteiger partial charge in [0.1, 0.15) is 5.60 Å². The van der Waals surface area contributed by atoms with Crippen molar-refractivity contribution in [1.82, 2.24) is 20.0 Å². The molecule has 1 saturated heterocycles. The van der Waals surface area contributed by atoms with Crippen LogP contribution in [0.2, 0.25) is 0 Å². The Labute approximate surface area is 150 Å². The van der Waals surface area contributed by atoms with Crippen molar-refractivity contribution in [3.05, 3.63) is 24.5 Å². The highest BCUT2D eigenvalue weighted by atomic mass is 16.6. The van der Waals surface area contributed by atoms with E-state index in [9.17, 15) is 4.79 Å². The zero-order valence-electron chi connectivity index (χ0n) is 15.5. The second-order valence-corrected chi connectivity index (χ2v) is 7.23. The van der Waals surface area contributed by atoms with E-state index < -0.39 is 5.60 Å².